The third-order valence-corrected chi connectivity index (χ3v) is 14.2. The molecule has 0 rings (SSSR count). The zero-order valence-electron chi connectivity index (χ0n) is 35.7. The first-order chi connectivity index (χ1) is 24.7. The van der Waals surface area contributed by atoms with Gasteiger partial charge >= 0.3 is 8.56 Å². The maximum absolute atomic E-state index is 6.65. The van der Waals surface area contributed by atoms with E-state index in [-0.39, 0.29) is 0 Å². The summed E-state index contributed by atoms with van der Waals surface area (Å²) in [6.45, 7) is 11.2. The summed E-state index contributed by atoms with van der Waals surface area (Å²) in [5.41, 5.74) is 0. The first-order valence-electron chi connectivity index (χ1n) is 24.0. The molecule has 0 atom stereocenters. The summed E-state index contributed by atoms with van der Waals surface area (Å²) in [6, 6.07) is 1.19. The van der Waals surface area contributed by atoms with Crippen molar-refractivity contribution in [2.24, 2.45) is 0 Å². The highest BCUT2D eigenvalue weighted by molar-refractivity contribution is 6.66. The van der Waals surface area contributed by atoms with E-state index in [0.717, 1.165) is 13.2 Å². The molecule has 0 aliphatic heterocycles. The number of hydrogen-bond acceptors (Lipinski definition) is 2. The van der Waals surface area contributed by atoms with E-state index in [1.54, 1.807) is 0 Å². The molecule has 0 aromatic carbocycles. The van der Waals surface area contributed by atoms with Crippen LogP contribution in [0.1, 0.15) is 278 Å². The van der Waals surface area contributed by atoms with E-state index in [4.69, 9.17) is 8.85 Å². The highest BCUT2D eigenvalue weighted by Crippen LogP contribution is 2.22. The molecule has 2 nitrogen and oxygen atoms in total. The van der Waals surface area contributed by atoms with Crippen molar-refractivity contribution in [1.82, 2.24) is 0 Å². The fraction of sp³-hybridized carbons (Fsp3) is 1.00. The fourth-order valence-electron chi connectivity index (χ4n) is 7.64. The third kappa shape index (κ3) is 40.9. The summed E-state index contributed by atoms with van der Waals surface area (Å²) in [6.07, 6.45) is 56.6. The smallest absolute Gasteiger partial charge is 0.334 e. The lowest BCUT2D eigenvalue weighted by molar-refractivity contribution is 0.166. The molecule has 0 radical (unpaired) electrons. The van der Waals surface area contributed by atoms with Gasteiger partial charge in [0.25, 0.3) is 0 Å². The molecule has 0 aromatic rings. The lowest BCUT2D eigenvalue weighted by Gasteiger charge is -2.27. The number of hydrogen-bond donors (Lipinski definition) is 0. The quantitative estimate of drug-likeness (QED) is 0.0460. The van der Waals surface area contributed by atoms with Crippen LogP contribution in [0.5, 0.6) is 0 Å². The van der Waals surface area contributed by atoms with Crippen LogP contribution in [0.3, 0.4) is 0 Å². The molecule has 0 spiro atoms. The van der Waals surface area contributed by atoms with Crippen LogP contribution in [0, 0.1) is 0 Å². The van der Waals surface area contributed by atoms with Crippen LogP contribution in [-0.2, 0) is 8.85 Å². The summed E-state index contributed by atoms with van der Waals surface area (Å²) in [5.74, 6) is 0. The summed E-state index contributed by atoms with van der Waals surface area (Å²) in [4.78, 5) is 0. The minimum absolute atomic E-state index is 0.928. The second-order valence-electron chi connectivity index (χ2n) is 16.7. The molecular formula is C47H98O2Si. The molecule has 0 saturated heterocycles. The van der Waals surface area contributed by atoms with Gasteiger partial charge in [0.1, 0.15) is 0 Å². The van der Waals surface area contributed by atoms with Gasteiger partial charge in [0.15, 0.2) is 0 Å². The predicted molar refractivity (Wildman–Crippen MR) is 230 cm³/mol. The van der Waals surface area contributed by atoms with E-state index < -0.39 is 8.56 Å². The normalized spacial score (nSPS) is 12.0. The van der Waals surface area contributed by atoms with Gasteiger partial charge in [0.05, 0.1) is 0 Å². The van der Waals surface area contributed by atoms with Crippen molar-refractivity contribution in [3.63, 3.8) is 0 Å². The van der Waals surface area contributed by atoms with Crippen molar-refractivity contribution < 1.29 is 8.85 Å². The summed E-state index contributed by atoms with van der Waals surface area (Å²) in [7, 11) is -2.05. The van der Waals surface area contributed by atoms with Crippen LogP contribution in [0.15, 0.2) is 0 Å². The Kier molecular flexibility index (Phi) is 43.7. The van der Waals surface area contributed by atoms with Crippen LogP contribution < -0.4 is 0 Å². The molecule has 0 unspecified atom stereocenters. The minimum atomic E-state index is -2.05. The van der Waals surface area contributed by atoms with Crippen LogP contribution in [-0.4, -0.2) is 21.8 Å². The Bertz CT molecular complexity index is 558. The predicted octanol–water partition coefficient (Wildman–Crippen LogP) is 17.8. The lowest BCUT2D eigenvalue weighted by atomic mass is 10.0. The maximum Gasteiger partial charge on any atom is 0.334 e. The lowest BCUT2D eigenvalue weighted by Crippen LogP contribution is -2.39. The first-order valence-corrected chi connectivity index (χ1v) is 26.5. The SMILES string of the molecule is CCCCCCCCCCCCCCCCCCO[Si](C)(CCCCCCCCCC)OCCCCCCCCCCCCCCCCCC. The van der Waals surface area contributed by atoms with E-state index >= 15 is 0 Å². The molecule has 302 valence electrons. The zero-order valence-corrected chi connectivity index (χ0v) is 36.7. The highest BCUT2D eigenvalue weighted by atomic mass is 28.4. The largest absolute Gasteiger partial charge is 0.394 e. The minimum Gasteiger partial charge on any atom is -0.394 e. The second kappa shape index (κ2) is 43.5. The summed E-state index contributed by atoms with van der Waals surface area (Å²) < 4.78 is 13.3. The van der Waals surface area contributed by atoms with Crippen molar-refractivity contribution in [2.45, 2.75) is 290 Å². The molecule has 3 heteroatoms. The summed E-state index contributed by atoms with van der Waals surface area (Å²) >= 11 is 0. The average molecular weight is 723 g/mol. The molecule has 0 heterocycles. The molecule has 0 fully saturated rings. The van der Waals surface area contributed by atoms with Crippen LogP contribution in [0.4, 0.5) is 0 Å². The van der Waals surface area contributed by atoms with E-state index in [1.165, 1.54) is 263 Å². The van der Waals surface area contributed by atoms with E-state index in [1.807, 2.05) is 0 Å². The monoisotopic (exact) mass is 723 g/mol. The molecule has 0 N–H and O–H groups in total. The van der Waals surface area contributed by atoms with E-state index in [9.17, 15) is 0 Å². The van der Waals surface area contributed by atoms with Crippen molar-refractivity contribution in [3.8, 4) is 0 Å². The highest BCUT2D eigenvalue weighted by Gasteiger charge is 2.30. The van der Waals surface area contributed by atoms with Gasteiger partial charge in [-0.2, -0.15) is 0 Å². The maximum atomic E-state index is 6.65. The Morgan fingerprint density at radius 3 is 0.640 bits per heavy atom. The van der Waals surface area contributed by atoms with Gasteiger partial charge < -0.3 is 8.85 Å². The Morgan fingerprint density at radius 2 is 0.420 bits per heavy atom. The standard InChI is InChI=1S/C47H98O2Si/c1-5-8-11-14-17-20-22-24-26-28-30-32-34-36-39-42-45-48-50(4,47-44-41-38-19-16-13-10-7-3)49-46-43-40-37-35-33-31-29-27-25-23-21-18-15-12-9-6-2/h5-47H2,1-4H3. The van der Waals surface area contributed by atoms with Gasteiger partial charge in [-0.25, -0.2) is 0 Å². The number of rotatable bonds is 45. The van der Waals surface area contributed by atoms with E-state index in [0.29, 0.717) is 0 Å². The molecule has 0 aromatic heterocycles. The molecule has 0 aliphatic rings. The molecule has 0 bridgehead atoms. The van der Waals surface area contributed by atoms with Gasteiger partial charge in [-0.3, -0.25) is 0 Å². The Balaban J connectivity index is 3.93. The van der Waals surface area contributed by atoms with Crippen molar-refractivity contribution in [2.75, 3.05) is 13.2 Å². The fourth-order valence-corrected chi connectivity index (χ4v) is 10.1. The van der Waals surface area contributed by atoms with Crippen molar-refractivity contribution >= 4 is 8.56 Å². The van der Waals surface area contributed by atoms with Gasteiger partial charge in [-0.15, -0.1) is 0 Å². The third-order valence-electron chi connectivity index (χ3n) is 11.3. The molecule has 0 saturated carbocycles. The molecule has 50 heavy (non-hydrogen) atoms. The molecular weight excluding hydrogens is 625 g/mol. The van der Waals surface area contributed by atoms with Crippen LogP contribution in [0.2, 0.25) is 12.6 Å². The van der Waals surface area contributed by atoms with Crippen LogP contribution in [0.25, 0.3) is 0 Å². The zero-order chi connectivity index (χ0) is 36.3. The Labute approximate surface area is 319 Å². The van der Waals surface area contributed by atoms with Crippen molar-refractivity contribution in [3.05, 3.63) is 0 Å². The number of unbranched alkanes of at least 4 members (excludes halogenated alkanes) is 37. The average Bonchev–Trinajstić information content (AvgIpc) is 3.12. The Hall–Kier alpha value is 0.137. The van der Waals surface area contributed by atoms with Gasteiger partial charge in [0, 0.05) is 13.2 Å². The first kappa shape index (κ1) is 50.1. The van der Waals surface area contributed by atoms with Gasteiger partial charge in [-0.05, 0) is 25.4 Å². The Morgan fingerprint density at radius 1 is 0.240 bits per heavy atom. The summed E-state index contributed by atoms with van der Waals surface area (Å²) in [5, 5.41) is 0. The van der Waals surface area contributed by atoms with Gasteiger partial charge in [-0.1, -0.05) is 265 Å². The second-order valence-corrected chi connectivity index (χ2v) is 20.0. The molecule has 0 aliphatic carbocycles. The van der Waals surface area contributed by atoms with Crippen LogP contribution >= 0.6 is 0 Å². The van der Waals surface area contributed by atoms with E-state index in [2.05, 4.69) is 27.3 Å². The van der Waals surface area contributed by atoms with Gasteiger partial charge in [0.2, 0.25) is 0 Å². The van der Waals surface area contributed by atoms with Crippen molar-refractivity contribution in [1.29, 1.82) is 0 Å². The topological polar surface area (TPSA) is 18.5 Å². The molecule has 0 amide bonds.